The van der Waals surface area contributed by atoms with Crippen molar-refractivity contribution in [3.05, 3.63) is 48.0 Å². The van der Waals surface area contributed by atoms with Gasteiger partial charge in [-0.15, -0.1) is 0 Å². The van der Waals surface area contributed by atoms with E-state index < -0.39 is 12.1 Å². The van der Waals surface area contributed by atoms with Crippen LogP contribution in [0, 0.1) is 0 Å². The first-order valence-electron chi connectivity index (χ1n) is 7.80. The van der Waals surface area contributed by atoms with Gasteiger partial charge in [-0.2, -0.15) is 0 Å². The fourth-order valence-electron chi connectivity index (χ4n) is 2.13. The number of anilines is 1. The molecule has 6 heteroatoms. The second-order valence-electron chi connectivity index (χ2n) is 5.65. The van der Waals surface area contributed by atoms with Crippen molar-refractivity contribution in [2.45, 2.75) is 13.0 Å². The summed E-state index contributed by atoms with van der Waals surface area (Å²) >= 11 is 0. The van der Waals surface area contributed by atoms with Gasteiger partial charge in [0.05, 0.1) is 12.8 Å². The van der Waals surface area contributed by atoms with Gasteiger partial charge < -0.3 is 19.5 Å². The number of para-hydroxylation sites is 1. The molecule has 0 aliphatic heterocycles. The molecule has 132 valence electrons. The van der Waals surface area contributed by atoms with E-state index in [0.29, 0.717) is 17.1 Å². The first-order chi connectivity index (χ1) is 11.9. The van der Waals surface area contributed by atoms with Crippen molar-refractivity contribution in [3.8, 4) is 11.5 Å². The number of carboxylic acid groups (broad SMARTS) is 1. The Hall–Kier alpha value is -3.02. The Morgan fingerprint density at radius 1 is 1.20 bits per heavy atom. The normalized spacial score (nSPS) is 12.0. The van der Waals surface area contributed by atoms with E-state index in [0.717, 1.165) is 11.4 Å². The molecule has 2 aromatic rings. The highest BCUT2D eigenvalue weighted by Gasteiger charge is 2.17. The number of aliphatic imine (C=N–C) groups is 1. The number of nitrogens with zero attached hydrogens (tertiary/aromatic N) is 2. The highest BCUT2D eigenvalue weighted by molar-refractivity contribution is 5.87. The first kappa shape index (κ1) is 18.3. The topological polar surface area (TPSA) is 71.4 Å². The molecular formula is C19H22N2O4. The average Bonchev–Trinajstić information content (AvgIpc) is 2.60. The second kappa shape index (κ2) is 8.19. The predicted octanol–water partition coefficient (Wildman–Crippen LogP) is 3.36. The minimum atomic E-state index is -1.05. The third kappa shape index (κ3) is 4.73. The maximum atomic E-state index is 11.1. The highest BCUT2D eigenvalue weighted by Crippen LogP contribution is 2.31. The van der Waals surface area contributed by atoms with E-state index in [2.05, 4.69) is 4.99 Å². The SMILES string of the molecule is COc1cccc(C=Nc2ccc(N(C)C)cc2)c1O[C@H](C)C(=O)O. The van der Waals surface area contributed by atoms with Gasteiger partial charge in [0.1, 0.15) is 0 Å². The molecule has 0 fully saturated rings. The third-order valence-corrected chi connectivity index (χ3v) is 3.59. The molecule has 1 atom stereocenters. The molecule has 0 saturated carbocycles. The highest BCUT2D eigenvalue weighted by atomic mass is 16.5. The van der Waals surface area contributed by atoms with E-state index in [1.807, 2.05) is 43.3 Å². The van der Waals surface area contributed by atoms with Crippen LogP contribution in [0.3, 0.4) is 0 Å². The molecule has 0 aromatic heterocycles. The zero-order chi connectivity index (χ0) is 18.4. The molecule has 6 nitrogen and oxygen atoms in total. The number of hydrogen-bond acceptors (Lipinski definition) is 5. The molecular weight excluding hydrogens is 320 g/mol. The summed E-state index contributed by atoms with van der Waals surface area (Å²) in [6, 6.07) is 13.1. The number of rotatable bonds is 7. The summed E-state index contributed by atoms with van der Waals surface area (Å²) in [5, 5.41) is 9.07. The Labute approximate surface area is 147 Å². The van der Waals surface area contributed by atoms with Gasteiger partial charge in [-0.25, -0.2) is 4.79 Å². The van der Waals surface area contributed by atoms with Crippen molar-refractivity contribution in [2.75, 3.05) is 26.1 Å². The van der Waals surface area contributed by atoms with Crippen molar-refractivity contribution >= 4 is 23.6 Å². The number of ether oxygens (including phenoxy) is 2. The Balaban J connectivity index is 2.30. The molecule has 0 bridgehead atoms. The van der Waals surface area contributed by atoms with Crippen LogP contribution in [-0.2, 0) is 4.79 Å². The molecule has 0 spiro atoms. The second-order valence-corrected chi connectivity index (χ2v) is 5.65. The van der Waals surface area contributed by atoms with Gasteiger partial charge in [0.2, 0.25) is 0 Å². The van der Waals surface area contributed by atoms with Crippen LogP contribution in [0.25, 0.3) is 0 Å². The Kier molecular flexibility index (Phi) is 6.00. The zero-order valence-corrected chi connectivity index (χ0v) is 14.8. The fraction of sp³-hybridized carbons (Fsp3) is 0.263. The van der Waals surface area contributed by atoms with E-state index in [-0.39, 0.29) is 0 Å². The smallest absolute Gasteiger partial charge is 0.344 e. The maximum Gasteiger partial charge on any atom is 0.344 e. The number of carbonyl (C=O) groups is 1. The van der Waals surface area contributed by atoms with Gasteiger partial charge in [0.15, 0.2) is 17.6 Å². The molecule has 0 unspecified atom stereocenters. The lowest BCUT2D eigenvalue weighted by molar-refractivity contribution is -0.144. The molecule has 1 N–H and O–H groups in total. The third-order valence-electron chi connectivity index (χ3n) is 3.59. The van der Waals surface area contributed by atoms with Gasteiger partial charge in [-0.1, -0.05) is 6.07 Å². The van der Waals surface area contributed by atoms with Crippen LogP contribution < -0.4 is 14.4 Å². The van der Waals surface area contributed by atoms with Crippen LogP contribution in [0.2, 0.25) is 0 Å². The summed E-state index contributed by atoms with van der Waals surface area (Å²) in [5.41, 5.74) is 2.51. The molecule has 0 aliphatic rings. The minimum Gasteiger partial charge on any atom is -0.493 e. The number of methoxy groups -OCH3 is 1. The minimum absolute atomic E-state index is 0.355. The van der Waals surface area contributed by atoms with Crippen molar-refractivity contribution in [2.24, 2.45) is 4.99 Å². The van der Waals surface area contributed by atoms with E-state index >= 15 is 0 Å². The summed E-state index contributed by atoms with van der Waals surface area (Å²) in [7, 11) is 5.46. The van der Waals surface area contributed by atoms with Crippen LogP contribution in [-0.4, -0.2) is 44.6 Å². The Morgan fingerprint density at radius 2 is 1.88 bits per heavy atom. The number of aliphatic carboxylic acids is 1. The van der Waals surface area contributed by atoms with Gasteiger partial charge in [0.25, 0.3) is 0 Å². The number of carboxylic acids is 1. The lowest BCUT2D eigenvalue weighted by Gasteiger charge is -2.15. The van der Waals surface area contributed by atoms with Crippen molar-refractivity contribution in [1.29, 1.82) is 0 Å². The van der Waals surface area contributed by atoms with Crippen LogP contribution in [0.5, 0.6) is 11.5 Å². The fourth-order valence-corrected chi connectivity index (χ4v) is 2.13. The molecule has 0 radical (unpaired) electrons. The lowest BCUT2D eigenvalue weighted by atomic mass is 10.2. The van der Waals surface area contributed by atoms with Crippen molar-refractivity contribution in [1.82, 2.24) is 0 Å². The molecule has 0 amide bonds. The molecule has 2 rings (SSSR count). The van der Waals surface area contributed by atoms with Crippen molar-refractivity contribution in [3.63, 3.8) is 0 Å². The van der Waals surface area contributed by atoms with E-state index in [4.69, 9.17) is 14.6 Å². The Morgan fingerprint density at radius 3 is 2.44 bits per heavy atom. The lowest BCUT2D eigenvalue weighted by Crippen LogP contribution is -2.23. The standard InChI is InChI=1S/C19H22N2O4/c1-13(19(22)23)25-18-14(6-5-7-17(18)24-4)12-20-15-8-10-16(11-9-15)21(2)3/h5-13H,1-4H3,(H,22,23)/t13-/m1/s1. The van der Waals surface area contributed by atoms with Gasteiger partial charge in [0, 0.05) is 31.6 Å². The zero-order valence-electron chi connectivity index (χ0n) is 14.8. The maximum absolute atomic E-state index is 11.1. The van der Waals surface area contributed by atoms with Crippen LogP contribution in [0.4, 0.5) is 11.4 Å². The van der Waals surface area contributed by atoms with Gasteiger partial charge >= 0.3 is 5.97 Å². The molecule has 0 saturated heterocycles. The summed E-state index contributed by atoms with van der Waals surface area (Å²) in [5.74, 6) is -0.235. The monoisotopic (exact) mass is 342 g/mol. The molecule has 25 heavy (non-hydrogen) atoms. The summed E-state index contributed by atoms with van der Waals surface area (Å²) < 4.78 is 10.8. The molecule has 0 aliphatic carbocycles. The van der Waals surface area contributed by atoms with E-state index in [1.54, 1.807) is 24.4 Å². The average molecular weight is 342 g/mol. The van der Waals surface area contributed by atoms with Crippen LogP contribution >= 0.6 is 0 Å². The summed E-state index contributed by atoms with van der Waals surface area (Å²) in [6.45, 7) is 1.47. The van der Waals surface area contributed by atoms with E-state index in [1.165, 1.54) is 14.0 Å². The predicted molar refractivity (Wildman–Crippen MR) is 98.7 cm³/mol. The molecule has 2 aromatic carbocycles. The quantitative estimate of drug-likeness (QED) is 0.781. The largest absolute Gasteiger partial charge is 0.493 e. The Bertz CT molecular complexity index is 755. The van der Waals surface area contributed by atoms with Gasteiger partial charge in [-0.3, -0.25) is 4.99 Å². The molecule has 0 heterocycles. The number of hydrogen-bond donors (Lipinski definition) is 1. The van der Waals surface area contributed by atoms with Crippen LogP contribution in [0.15, 0.2) is 47.5 Å². The van der Waals surface area contributed by atoms with Crippen LogP contribution in [0.1, 0.15) is 12.5 Å². The summed E-state index contributed by atoms with van der Waals surface area (Å²) in [4.78, 5) is 17.5. The number of benzene rings is 2. The summed E-state index contributed by atoms with van der Waals surface area (Å²) in [6.07, 6.45) is 0.639. The van der Waals surface area contributed by atoms with Crippen molar-refractivity contribution < 1.29 is 19.4 Å². The first-order valence-corrected chi connectivity index (χ1v) is 7.80. The van der Waals surface area contributed by atoms with Gasteiger partial charge in [-0.05, 0) is 43.3 Å². The van der Waals surface area contributed by atoms with E-state index in [9.17, 15) is 4.79 Å².